The minimum absolute atomic E-state index is 0.339. The molecule has 1 aliphatic carbocycles. The van der Waals surface area contributed by atoms with Crippen molar-refractivity contribution in [2.75, 3.05) is 6.54 Å². The monoisotopic (exact) mass is 379 g/mol. The van der Waals surface area contributed by atoms with E-state index in [-0.39, 0.29) is 0 Å². The summed E-state index contributed by atoms with van der Waals surface area (Å²) in [7, 11) is -3.41. The molecule has 1 fully saturated rings. The molecule has 0 unspecified atom stereocenters. The lowest BCUT2D eigenvalue weighted by atomic mass is 10.2. The molecule has 1 N–H and O–H groups in total. The van der Waals surface area contributed by atoms with Gasteiger partial charge in [-0.3, -0.25) is 4.68 Å². The first-order valence-electron chi connectivity index (χ1n) is 7.78. The normalized spacial score (nSPS) is 15.0. The van der Waals surface area contributed by atoms with Crippen molar-refractivity contribution in [1.29, 1.82) is 0 Å². The number of nitrogens with zero attached hydrogens (tertiary/aromatic N) is 2. The molecule has 4 rings (SSSR count). The van der Waals surface area contributed by atoms with Gasteiger partial charge in [0.15, 0.2) is 0 Å². The highest BCUT2D eigenvalue weighted by atomic mass is 32.2. The van der Waals surface area contributed by atoms with Gasteiger partial charge in [0.05, 0.1) is 11.4 Å². The minimum Gasteiger partial charge on any atom is -0.267 e. The number of thiophene rings is 2. The molecule has 0 saturated heterocycles. The van der Waals surface area contributed by atoms with Crippen molar-refractivity contribution >= 4 is 32.7 Å². The predicted octanol–water partition coefficient (Wildman–Crippen LogP) is 3.53. The van der Waals surface area contributed by atoms with E-state index in [2.05, 4.69) is 16.9 Å². The number of hydrogen-bond acceptors (Lipinski definition) is 5. The third-order valence-corrected chi connectivity index (χ3v) is 7.71. The van der Waals surface area contributed by atoms with E-state index < -0.39 is 10.0 Å². The molecule has 3 heterocycles. The first kappa shape index (κ1) is 16.0. The summed E-state index contributed by atoms with van der Waals surface area (Å²) < 4.78 is 29.3. The Kier molecular flexibility index (Phi) is 4.29. The molecule has 0 spiro atoms. The lowest BCUT2D eigenvalue weighted by Gasteiger charge is -2.08. The van der Waals surface area contributed by atoms with Gasteiger partial charge in [0, 0.05) is 18.2 Å². The van der Waals surface area contributed by atoms with Gasteiger partial charge in [-0.15, -0.1) is 22.7 Å². The molecule has 24 heavy (non-hydrogen) atoms. The maximum Gasteiger partial charge on any atom is 0.250 e. The van der Waals surface area contributed by atoms with E-state index in [0.29, 0.717) is 23.2 Å². The van der Waals surface area contributed by atoms with Crippen molar-refractivity contribution in [1.82, 2.24) is 14.5 Å². The molecule has 0 aliphatic heterocycles. The Bertz CT molecular complexity index is 908. The molecular formula is C16H17N3O2S3. The van der Waals surface area contributed by atoms with Crippen LogP contribution < -0.4 is 4.72 Å². The first-order valence-corrected chi connectivity index (χ1v) is 11.0. The van der Waals surface area contributed by atoms with Crippen molar-refractivity contribution in [3.63, 3.8) is 0 Å². The Balaban J connectivity index is 1.48. The second-order valence-electron chi connectivity index (χ2n) is 5.76. The third kappa shape index (κ3) is 3.32. The highest BCUT2D eigenvalue weighted by Gasteiger charge is 2.28. The first-order chi connectivity index (χ1) is 11.6. The highest BCUT2D eigenvalue weighted by Crippen LogP contribution is 2.41. The quantitative estimate of drug-likeness (QED) is 0.683. The van der Waals surface area contributed by atoms with Crippen LogP contribution in [0.15, 0.2) is 45.3 Å². The Morgan fingerprint density at radius 3 is 2.67 bits per heavy atom. The zero-order valence-corrected chi connectivity index (χ0v) is 15.3. The molecule has 0 aromatic carbocycles. The van der Waals surface area contributed by atoms with Crippen molar-refractivity contribution in [3.05, 3.63) is 46.8 Å². The number of hydrogen-bond donors (Lipinski definition) is 1. The summed E-state index contributed by atoms with van der Waals surface area (Å²) in [6.07, 6.45) is 2.38. The largest absolute Gasteiger partial charge is 0.267 e. The van der Waals surface area contributed by atoms with Gasteiger partial charge in [0.25, 0.3) is 0 Å². The summed E-state index contributed by atoms with van der Waals surface area (Å²) in [6, 6.07) is 9.59. The third-order valence-electron chi connectivity index (χ3n) is 3.96. The number of nitrogens with one attached hydrogen (secondary N) is 1. The van der Waals surface area contributed by atoms with Gasteiger partial charge in [0.2, 0.25) is 10.0 Å². The summed E-state index contributed by atoms with van der Waals surface area (Å²) in [6.45, 7) is 0.882. The topological polar surface area (TPSA) is 64.0 Å². The van der Waals surface area contributed by atoms with Crippen LogP contribution in [0, 0.1) is 0 Å². The molecule has 5 nitrogen and oxygen atoms in total. The zero-order chi connectivity index (χ0) is 16.6. The van der Waals surface area contributed by atoms with E-state index in [1.165, 1.54) is 29.9 Å². The molecular weight excluding hydrogens is 362 g/mol. The molecule has 1 saturated carbocycles. The molecule has 126 valence electrons. The van der Waals surface area contributed by atoms with Gasteiger partial charge >= 0.3 is 0 Å². The van der Waals surface area contributed by atoms with Crippen LogP contribution in [0.2, 0.25) is 0 Å². The summed E-state index contributed by atoms with van der Waals surface area (Å²) in [5.74, 6) is 0.570. The van der Waals surface area contributed by atoms with Crippen LogP contribution in [0.1, 0.15) is 24.5 Å². The van der Waals surface area contributed by atoms with E-state index >= 15 is 0 Å². The summed E-state index contributed by atoms with van der Waals surface area (Å²) >= 11 is 2.90. The fourth-order valence-electron chi connectivity index (χ4n) is 2.64. The highest BCUT2D eigenvalue weighted by molar-refractivity contribution is 7.91. The Hall–Kier alpha value is -1.48. The minimum atomic E-state index is -3.41. The lowest BCUT2D eigenvalue weighted by molar-refractivity contribution is 0.553. The van der Waals surface area contributed by atoms with Crippen molar-refractivity contribution in [2.24, 2.45) is 0 Å². The average molecular weight is 380 g/mol. The summed E-state index contributed by atoms with van der Waals surface area (Å²) in [4.78, 5) is 1.15. The van der Waals surface area contributed by atoms with Gasteiger partial charge in [-0.25, -0.2) is 13.1 Å². The van der Waals surface area contributed by atoms with Crippen LogP contribution in [0.5, 0.6) is 0 Å². The molecule has 0 bridgehead atoms. The predicted molar refractivity (Wildman–Crippen MR) is 97.0 cm³/mol. The summed E-state index contributed by atoms with van der Waals surface area (Å²) in [5.41, 5.74) is 2.20. The second kappa shape index (κ2) is 6.44. The van der Waals surface area contributed by atoms with E-state index in [1.807, 2.05) is 16.1 Å². The second-order valence-corrected chi connectivity index (χ2v) is 9.65. The standard InChI is InChI=1S/C16H17N3O2S3/c20-24(21,16-4-2-10-23-16)17-7-8-19-14(12-5-6-12)11-13(18-19)15-3-1-9-22-15/h1-4,9-12,17H,5-8H2. The Morgan fingerprint density at radius 2 is 2.00 bits per heavy atom. The fourth-order valence-corrected chi connectivity index (χ4v) is 5.38. The van der Waals surface area contributed by atoms with Crippen LogP contribution in [0.25, 0.3) is 10.6 Å². The van der Waals surface area contributed by atoms with Gasteiger partial charge < -0.3 is 0 Å². The van der Waals surface area contributed by atoms with Gasteiger partial charge in [0.1, 0.15) is 9.90 Å². The smallest absolute Gasteiger partial charge is 0.250 e. The maximum atomic E-state index is 12.2. The number of aromatic nitrogens is 2. The van der Waals surface area contributed by atoms with E-state index in [1.54, 1.807) is 28.8 Å². The SMILES string of the molecule is O=S(=O)(NCCn1nc(-c2cccs2)cc1C1CC1)c1cccs1. The van der Waals surface area contributed by atoms with Crippen molar-refractivity contribution < 1.29 is 8.42 Å². The summed E-state index contributed by atoms with van der Waals surface area (Å²) in [5, 5.41) is 8.50. The number of sulfonamides is 1. The van der Waals surface area contributed by atoms with Crippen molar-refractivity contribution in [3.8, 4) is 10.6 Å². The zero-order valence-electron chi connectivity index (χ0n) is 12.9. The molecule has 1 aliphatic rings. The molecule has 0 atom stereocenters. The van der Waals surface area contributed by atoms with Crippen LogP contribution in [-0.4, -0.2) is 24.7 Å². The van der Waals surface area contributed by atoms with Gasteiger partial charge in [-0.1, -0.05) is 12.1 Å². The lowest BCUT2D eigenvalue weighted by Crippen LogP contribution is -2.27. The van der Waals surface area contributed by atoms with Gasteiger partial charge in [-0.05, 0) is 41.8 Å². The van der Waals surface area contributed by atoms with Gasteiger partial charge in [-0.2, -0.15) is 5.10 Å². The van der Waals surface area contributed by atoms with Crippen LogP contribution in [-0.2, 0) is 16.6 Å². The Morgan fingerprint density at radius 1 is 1.21 bits per heavy atom. The van der Waals surface area contributed by atoms with Crippen LogP contribution in [0.3, 0.4) is 0 Å². The molecule has 3 aromatic rings. The van der Waals surface area contributed by atoms with E-state index in [4.69, 9.17) is 5.10 Å². The fraction of sp³-hybridized carbons (Fsp3) is 0.312. The maximum absolute atomic E-state index is 12.2. The van der Waals surface area contributed by atoms with E-state index in [9.17, 15) is 8.42 Å². The van der Waals surface area contributed by atoms with Crippen LogP contribution in [0.4, 0.5) is 0 Å². The molecule has 3 aromatic heterocycles. The number of rotatable bonds is 7. The van der Waals surface area contributed by atoms with E-state index in [0.717, 1.165) is 10.6 Å². The Labute approximate surface area is 149 Å². The van der Waals surface area contributed by atoms with Crippen molar-refractivity contribution in [2.45, 2.75) is 29.5 Å². The average Bonchev–Trinajstić information content (AvgIpc) is 3.05. The molecule has 0 radical (unpaired) electrons. The molecule has 0 amide bonds. The van der Waals surface area contributed by atoms with Crippen LogP contribution >= 0.6 is 22.7 Å². The molecule has 8 heteroatoms.